The van der Waals surface area contributed by atoms with Crippen molar-refractivity contribution in [1.29, 1.82) is 0 Å². The van der Waals surface area contributed by atoms with E-state index in [0.717, 1.165) is 0 Å². The standard InChI is InChI=1S/C17H14FNO4/c18-11-2-4-14-12(8-11)13(5-6-21-14)19-17(20)10-1-3-15-16(7-10)23-9-22-15/h1-4,7-8,13H,5-6,9H2,(H,19,20). The maximum Gasteiger partial charge on any atom is 0.251 e. The number of hydrogen-bond donors (Lipinski definition) is 1. The van der Waals surface area contributed by atoms with Crippen LogP contribution in [0.15, 0.2) is 36.4 Å². The maximum absolute atomic E-state index is 13.5. The summed E-state index contributed by atoms with van der Waals surface area (Å²) in [5, 5.41) is 2.93. The number of benzene rings is 2. The Labute approximate surface area is 132 Å². The van der Waals surface area contributed by atoms with Crippen LogP contribution in [0, 0.1) is 5.82 Å². The summed E-state index contributed by atoms with van der Waals surface area (Å²) in [5.74, 6) is 1.19. The van der Waals surface area contributed by atoms with E-state index >= 15 is 0 Å². The summed E-state index contributed by atoms with van der Waals surface area (Å²) in [4.78, 5) is 12.5. The van der Waals surface area contributed by atoms with Gasteiger partial charge in [-0.1, -0.05) is 0 Å². The van der Waals surface area contributed by atoms with Crippen molar-refractivity contribution < 1.29 is 23.4 Å². The minimum Gasteiger partial charge on any atom is -0.493 e. The molecule has 23 heavy (non-hydrogen) atoms. The van der Waals surface area contributed by atoms with Crippen molar-refractivity contribution in [3.8, 4) is 17.2 Å². The fourth-order valence-electron chi connectivity index (χ4n) is 2.79. The second-order valence-corrected chi connectivity index (χ2v) is 5.41. The van der Waals surface area contributed by atoms with Gasteiger partial charge in [-0.2, -0.15) is 0 Å². The molecule has 6 heteroatoms. The Morgan fingerprint density at radius 2 is 1.87 bits per heavy atom. The molecule has 0 spiro atoms. The molecule has 0 bridgehead atoms. The molecule has 1 amide bonds. The first-order chi connectivity index (χ1) is 11.2. The Bertz CT molecular complexity index is 777. The average Bonchev–Trinajstić information content (AvgIpc) is 3.03. The van der Waals surface area contributed by atoms with Gasteiger partial charge in [0.05, 0.1) is 12.6 Å². The fourth-order valence-corrected chi connectivity index (χ4v) is 2.79. The third-order valence-electron chi connectivity index (χ3n) is 3.95. The third-order valence-corrected chi connectivity index (χ3v) is 3.95. The molecule has 0 saturated heterocycles. The summed E-state index contributed by atoms with van der Waals surface area (Å²) in [5.41, 5.74) is 1.13. The zero-order valence-corrected chi connectivity index (χ0v) is 12.2. The summed E-state index contributed by atoms with van der Waals surface area (Å²) in [6, 6.07) is 9.07. The SMILES string of the molecule is O=C(NC1CCOc2ccc(F)cc21)c1ccc2c(c1)OCO2. The van der Waals surface area contributed by atoms with E-state index in [1.807, 2.05) is 0 Å². The Morgan fingerprint density at radius 3 is 2.78 bits per heavy atom. The molecule has 0 saturated carbocycles. The molecule has 2 aromatic rings. The van der Waals surface area contributed by atoms with Crippen LogP contribution in [0.25, 0.3) is 0 Å². The molecule has 1 unspecified atom stereocenters. The van der Waals surface area contributed by atoms with Gasteiger partial charge in [-0.25, -0.2) is 4.39 Å². The molecule has 2 aliphatic rings. The topological polar surface area (TPSA) is 56.8 Å². The molecule has 5 nitrogen and oxygen atoms in total. The lowest BCUT2D eigenvalue weighted by Crippen LogP contribution is -2.32. The van der Waals surface area contributed by atoms with E-state index in [9.17, 15) is 9.18 Å². The highest BCUT2D eigenvalue weighted by Crippen LogP contribution is 2.34. The summed E-state index contributed by atoms with van der Waals surface area (Å²) < 4.78 is 29.5. The largest absolute Gasteiger partial charge is 0.493 e. The predicted molar refractivity (Wildman–Crippen MR) is 79.3 cm³/mol. The monoisotopic (exact) mass is 315 g/mol. The van der Waals surface area contributed by atoms with Crippen LogP contribution in [0.3, 0.4) is 0 Å². The average molecular weight is 315 g/mol. The normalized spacial score (nSPS) is 18.0. The number of fused-ring (bicyclic) bond motifs is 2. The van der Waals surface area contributed by atoms with Crippen molar-refractivity contribution in [3.05, 3.63) is 53.3 Å². The van der Waals surface area contributed by atoms with Gasteiger partial charge >= 0.3 is 0 Å². The summed E-state index contributed by atoms with van der Waals surface area (Å²) in [6.45, 7) is 0.637. The van der Waals surface area contributed by atoms with Crippen molar-refractivity contribution in [2.75, 3.05) is 13.4 Å². The minimum absolute atomic E-state index is 0.160. The molecule has 118 valence electrons. The second kappa shape index (κ2) is 5.46. The van der Waals surface area contributed by atoms with Gasteiger partial charge in [0.2, 0.25) is 6.79 Å². The Hall–Kier alpha value is -2.76. The molecule has 2 heterocycles. The number of halogens is 1. The zero-order chi connectivity index (χ0) is 15.8. The Kier molecular flexibility index (Phi) is 3.29. The summed E-state index contributed by atoms with van der Waals surface area (Å²) in [6.07, 6.45) is 0.590. The van der Waals surface area contributed by atoms with Gasteiger partial charge in [0.25, 0.3) is 5.91 Å². The number of carbonyl (C=O) groups is 1. The van der Waals surface area contributed by atoms with E-state index in [1.54, 1.807) is 24.3 Å². The Balaban J connectivity index is 1.57. The van der Waals surface area contributed by atoms with Gasteiger partial charge in [-0.3, -0.25) is 4.79 Å². The van der Waals surface area contributed by atoms with Gasteiger partial charge in [0.1, 0.15) is 11.6 Å². The van der Waals surface area contributed by atoms with Crippen molar-refractivity contribution in [3.63, 3.8) is 0 Å². The zero-order valence-electron chi connectivity index (χ0n) is 12.2. The van der Waals surface area contributed by atoms with Crippen LogP contribution >= 0.6 is 0 Å². The quantitative estimate of drug-likeness (QED) is 0.926. The first kappa shape index (κ1) is 13.9. The lowest BCUT2D eigenvalue weighted by atomic mass is 10.00. The van der Waals surface area contributed by atoms with Crippen LogP contribution in [-0.2, 0) is 0 Å². The van der Waals surface area contributed by atoms with Crippen LogP contribution in [0.2, 0.25) is 0 Å². The molecule has 0 aromatic heterocycles. The number of nitrogens with one attached hydrogen (secondary N) is 1. The van der Waals surface area contributed by atoms with E-state index < -0.39 is 0 Å². The molecule has 2 aliphatic heterocycles. The first-order valence-electron chi connectivity index (χ1n) is 7.33. The lowest BCUT2D eigenvalue weighted by molar-refractivity contribution is 0.0924. The number of rotatable bonds is 2. The smallest absolute Gasteiger partial charge is 0.251 e. The molecular weight excluding hydrogens is 301 g/mol. The highest BCUT2D eigenvalue weighted by atomic mass is 19.1. The van der Waals surface area contributed by atoms with Gasteiger partial charge in [0.15, 0.2) is 11.5 Å². The van der Waals surface area contributed by atoms with Gasteiger partial charge < -0.3 is 19.5 Å². The lowest BCUT2D eigenvalue weighted by Gasteiger charge is -2.26. The van der Waals surface area contributed by atoms with E-state index in [4.69, 9.17) is 14.2 Å². The fraction of sp³-hybridized carbons (Fsp3) is 0.235. The predicted octanol–water partition coefficient (Wildman–Crippen LogP) is 2.81. The van der Waals surface area contributed by atoms with E-state index in [2.05, 4.69) is 5.32 Å². The van der Waals surface area contributed by atoms with Crippen molar-refractivity contribution in [2.24, 2.45) is 0 Å². The highest BCUT2D eigenvalue weighted by Gasteiger charge is 2.25. The van der Waals surface area contributed by atoms with E-state index in [-0.39, 0.29) is 24.6 Å². The van der Waals surface area contributed by atoms with Gasteiger partial charge in [-0.05, 0) is 36.4 Å². The Morgan fingerprint density at radius 1 is 1.04 bits per heavy atom. The summed E-state index contributed by atoms with van der Waals surface area (Å²) in [7, 11) is 0. The van der Waals surface area contributed by atoms with E-state index in [0.29, 0.717) is 41.4 Å². The summed E-state index contributed by atoms with van der Waals surface area (Å²) >= 11 is 0. The molecule has 1 atom stereocenters. The van der Waals surface area contributed by atoms with Crippen molar-refractivity contribution >= 4 is 5.91 Å². The van der Waals surface area contributed by atoms with Gasteiger partial charge in [0, 0.05) is 17.5 Å². The molecule has 0 fully saturated rings. The van der Waals surface area contributed by atoms with Crippen molar-refractivity contribution in [1.82, 2.24) is 5.32 Å². The van der Waals surface area contributed by atoms with Gasteiger partial charge in [-0.15, -0.1) is 0 Å². The maximum atomic E-state index is 13.5. The van der Waals surface area contributed by atoms with Crippen LogP contribution in [0.5, 0.6) is 17.2 Å². The molecule has 0 radical (unpaired) electrons. The van der Waals surface area contributed by atoms with Crippen LogP contribution in [0.4, 0.5) is 4.39 Å². The number of amides is 1. The minimum atomic E-state index is -0.350. The molecule has 2 aromatic carbocycles. The van der Waals surface area contributed by atoms with Crippen LogP contribution in [0.1, 0.15) is 28.4 Å². The number of ether oxygens (including phenoxy) is 3. The molecule has 0 aliphatic carbocycles. The second-order valence-electron chi connectivity index (χ2n) is 5.41. The highest BCUT2D eigenvalue weighted by molar-refractivity contribution is 5.95. The van der Waals surface area contributed by atoms with Crippen LogP contribution < -0.4 is 19.5 Å². The first-order valence-corrected chi connectivity index (χ1v) is 7.33. The molecule has 1 N–H and O–H groups in total. The number of hydrogen-bond acceptors (Lipinski definition) is 4. The number of carbonyl (C=O) groups excluding carboxylic acids is 1. The van der Waals surface area contributed by atoms with E-state index in [1.165, 1.54) is 12.1 Å². The molecule has 4 rings (SSSR count). The van der Waals surface area contributed by atoms with Crippen LogP contribution in [-0.4, -0.2) is 19.3 Å². The third kappa shape index (κ3) is 2.56. The van der Waals surface area contributed by atoms with Crippen molar-refractivity contribution in [2.45, 2.75) is 12.5 Å². The molecular formula is C17H14FNO4.